The van der Waals surface area contributed by atoms with Gasteiger partial charge in [0.1, 0.15) is 11.0 Å². The lowest BCUT2D eigenvalue weighted by Gasteiger charge is -2.14. The minimum Gasteiger partial charge on any atom is -0.399 e. The molecular formula is C19H13F3N4O. The lowest BCUT2D eigenvalue weighted by Crippen LogP contribution is -2.04. The number of rotatable bonds is 3. The highest BCUT2D eigenvalue weighted by Crippen LogP contribution is 2.34. The molecule has 3 aromatic carbocycles. The third kappa shape index (κ3) is 3.41. The Morgan fingerprint density at radius 3 is 2.33 bits per heavy atom. The summed E-state index contributed by atoms with van der Waals surface area (Å²) in [5.74, 6) is 0. The van der Waals surface area contributed by atoms with Crippen LogP contribution >= 0.6 is 0 Å². The van der Waals surface area contributed by atoms with Gasteiger partial charge >= 0.3 is 6.18 Å². The van der Waals surface area contributed by atoms with Gasteiger partial charge in [-0.25, -0.2) is 4.63 Å². The van der Waals surface area contributed by atoms with Crippen LogP contribution in [0.5, 0.6) is 0 Å². The van der Waals surface area contributed by atoms with E-state index in [9.17, 15) is 13.2 Å². The van der Waals surface area contributed by atoms with Crippen LogP contribution in [0, 0.1) is 0 Å². The Morgan fingerprint density at radius 2 is 1.59 bits per heavy atom. The quantitative estimate of drug-likeness (QED) is 0.483. The van der Waals surface area contributed by atoms with E-state index in [1.54, 1.807) is 30.3 Å². The van der Waals surface area contributed by atoms with Crippen molar-refractivity contribution in [2.75, 3.05) is 11.1 Å². The van der Waals surface area contributed by atoms with Crippen LogP contribution in [0.2, 0.25) is 0 Å². The van der Waals surface area contributed by atoms with Gasteiger partial charge in [-0.1, -0.05) is 6.07 Å². The minimum absolute atomic E-state index is 0.526. The monoisotopic (exact) mass is 370 g/mol. The zero-order valence-corrected chi connectivity index (χ0v) is 13.8. The lowest BCUT2D eigenvalue weighted by atomic mass is 10.0. The maximum absolute atomic E-state index is 12.7. The van der Waals surface area contributed by atoms with Crippen molar-refractivity contribution >= 4 is 28.1 Å². The van der Waals surface area contributed by atoms with Crippen molar-refractivity contribution in [2.24, 2.45) is 0 Å². The largest absolute Gasteiger partial charge is 0.416 e. The SMILES string of the molecule is Nc1ccc(Nc2ccc(C(F)(F)F)cc2)c(-c2ccc3nonc3c2)c1. The Kier molecular flexibility index (Phi) is 3.95. The molecule has 0 radical (unpaired) electrons. The average molecular weight is 370 g/mol. The summed E-state index contributed by atoms with van der Waals surface area (Å²) in [4.78, 5) is 0. The number of alkyl halides is 3. The second kappa shape index (κ2) is 6.31. The number of fused-ring (bicyclic) bond motifs is 1. The second-order valence-corrected chi connectivity index (χ2v) is 5.97. The molecule has 3 N–H and O–H groups in total. The van der Waals surface area contributed by atoms with Gasteiger partial charge in [0.15, 0.2) is 0 Å². The Balaban J connectivity index is 1.71. The van der Waals surface area contributed by atoms with Crippen molar-refractivity contribution < 1.29 is 17.8 Å². The number of nitrogen functional groups attached to an aromatic ring is 1. The van der Waals surface area contributed by atoms with Gasteiger partial charge < -0.3 is 11.1 Å². The molecule has 27 heavy (non-hydrogen) atoms. The molecule has 1 heterocycles. The second-order valence-electron chi connectivity index (χ2n) is 5.97. The summed E-state index contributed by atoms with van der Waals surface area (Å²) in [5, 5.41) is 10.7. The molecule has 0 aliphatic heterocycles. The Bertz CT molecular complexity index is 1100. The van der Waals surface area contributed by atoms with Crippen molar-refractivity contribution in [1.82, 2.24) is 10.3 Å². The van der Waals surface area contributed by atoms with Gasteiger partial charge in [0.25, 0.3) is 0 Å². The molecule has 5 nitrogen and oxygen atoms in total. The van der Waals surface area contributed by atoms with Gasteiger partial charge in [-0.3, -0.25) is 0 Å². The highest BCUT2D eigenvalue weighted by atomic mass is 19.4. The molecule has 0 unspecified atom stereocenters. The fourth-order valence-corrected chi connectivity index (χ4v) is 2.76. The maximum atomic E-state index is 12.7. The predicted molar refractivity (Wildman–Crippen MR) is 96.4 cm³/mol. The molecule has 0 spiro atoms. The normalized spacial score (nSPS) is 11.7. The number of nitrogens with zero attached hydrogens (tertiary/aromatic N) is 2. The zero-order chi connectivity index (χ0) is 19.0. The Hall–Kier alpha value is -3.55. The van der Waals surface area contributed by atoms with Crippen molar-refractivity contribution in [1.29, 1.82) is 0 Å². The van der Waals surface area contributed by atoms with Crippen molar-refractivity contribution in [3.8, 4) is 11.1 Å². The van der Waals surface area contributed by atoms with Crippen LogP contribution in [0.1, 0.15) is 5.56 Å². The summed E-state index contributed by atoms with van der Waals surface area (Å²) in [6.45, 7) is 0. The third-order valence-electron chi connectivity index (χ3n) is 4.10. The molecular weight excluding hydrogens is 357 g/mol. The van der Waals surface area contributed by atoms with Crippen LogP contribution in [-0.4, -0.2) is 10.3 Å². The highest BCUT2D eigenvalue weighted by molar-refractivity contribution is 5.88. The topological polar surface area (TPSA) is 77.0 Å². The summed E-state index contributed by atoms with van der Waals surface area (Å²) >= 11 is 0. The van der Waals surface area contributed by atoms with Crippen molar-refractivity contribution in [2.45, 2.75) is 6.18 Å². The highest BCUT2D eigenvalue weighted by Gasteiger charge is 2.29. The van der Waals surface area contributed by atoms with Gasteiger partial charge in [0.05, 0.1) is 5.56 Å². The Morgan fingerprint density at radius 1 is 0.852 bits per heavy atom. The summed E-state index contributed by atoms with van der Waals surface area (Å²) < 4.78 is 42.9. The number of hydrogen-bond donors (Lipinski definition) is 2. The minimum atomic E-state index is -4.37. The van der Waals surface area contributed by atoms with Crippen LogP contribution < -0.4 is 11.1 Å². The lowest BCUT2D eigenvalue weighted by molar-refractivity contribution is -0.137. The molecule has 136 valence electrons. The van der Waals surface area contributed by atoms with E-state index in [0.29, 0.717) is 28.1 Å². The standard InChI is InChI=1S/C19H13F3N4O/c20-19(21,22)12-2-5-14(6-3-12)24-16-8-4-13(23)10-15(16)11-1-7-17-18(9-11)26-27-25-17/h1-10,24H,23H2. The average Bonchev–Trinajstić information content (AvgIpc) is 3.10. The van der Waals surface area contributed by atoms with Gasteiger partial charge in [0, 0.05) is 22.6 Å². The fraction of sp³-hybridized carbons (Fsp3) is 0.0526. The van der Waals surface area contributed by atoms with E-state index in [0.717, 1.165) is 23.3 Å². The molecule has 0 saturated heterocycles. The molecule has 4 aromatic rings. The number of hydrogen-bond acceptors (Lipinski definition) is 5. The van der Waals surface area contributed by atoms with E-state index >= 15 is 0 Å². The van der Waals surface area contributed by atoms with Crippen LogP contribution in [-0.2, 0) is 6.18 Å². The molecule has 0 aliphatic rings. The van der Waals surface area contributed by atoms with E-state index in [2.05, 4.69) is 15.6 Å². The summed E-state index contributed by atoms with van der Waals surface area (Å²) in [7, 11) is 0. The predicted octanol–water partition coefficient (Wildman–Crippen LogP) is 5.23. The first-order valence-electron chi connectivity index (χ1n) is 7.97. The van der Waals surface area contributed by atoms with E-state index < -0.39 is 11.7 Å². The summed E-state index contributed by atoms with van der Waals surface area (Å²) in [6.07, 6.45) is -4.37. The van der Waals surface area contributed by atoms with E-state index in [-0.39, 0.29) is 0 Å². The van der Waals surface area contributed by atoms with E-state index in [1.807, 2.05) is 6.07 Å². The van der Waals surface area contributed by atoms with Crippen LogP contribution in [0.4, 0.5) is 30.2 Å². The maximum Gasteiger partial charge on any atom is 0.416 e. The van der Waals surface area contributed by atoms with Gasteiger partial charge in [0.2, 0.25) is 0 Å². The van der Waals surface area contributed by atoms with Gasteiger partial charge in [-0.2, -0.15) is 13.2 Å². The third-order valence-corrected chi connectivity index (χ3v) is 4.10. The first-order valence-corrected chi connectivity index (χ1v) is 7.97. The molecule has 1 aromatic heterocycles. The van der Waals surface area contributed by atoms with Crippen LogP contribution in [0.3, 0.4) is 0 Å². The Labute approximate surface area is 151 Å². The number of anilines is 3. The number of halogens is 3. The van der Waals surface area contributed by atoms with Gasteiger partial charge in [-0.15, -0.1) is 0 Å². The molecule has 0 amide bonds. The van der Waals surface area contributed by atoms with Crippen LogP contribution in [0.15, 0.2) is 65.3 Å². The fourth-order valence-electron chi connectivity index (χ4n) is 2.76. The number of benzene rings is 3. The summed E-state index contributed by atoms with van der Waals surface area (Å²) in [6, 6.07) is 15.5. The molecule has 0 aliphatic carbocycles. The number of aromatic nitrogens is 2. The molecule has 0 fully saturated rings. The van der Waals surface area contributed by atoms with Gasteiger partial charge in [-0.05, 0) is 70.5 Å². The smallest absolute Gasteiger partial charge is 0.399 e. The molecule has 8 heteroatoms. The van der Waals surface area contributed by atoms with Crippen LogP contribution in [0.25, 0.3) is 22.2 Å². The summed E-state index contributed by atoms with van der Waals surface area (Å²) in [5.41, 5.74) is 9.81. The van der Waals surface area contributed by atoms with Crippen molar-refractivity contribution in [3.05, 3.63) is 66.2 Å². The number of nitrogens with two attached hydrogens (primary N) is 1. The van der Waals surface area contributed by atoms with E-state index in [4.69, 9.17) is 10.4 Å². The molecule has 0 atom stereocenters. The number of nitrogens with one attached hydrogen (secondary N) is 1. The molecule has 0 bridgehead atoms. The molecule has 4 rings (SSSR count). The van der Waals surface area contributed by atoms with Crippen molar-refractivity contribution in [3.63, 3.8) is 0 Å². The van der Waals surface area contributed by atoms with E-state index in [1.165, 1.54) is 12.1 Å². The first-order chi connectivity index (χ1) is 12.9. The zero-order valence-electron chi connectivity index (χ0n) is 13.8. The first kappa shape index (κ1) is 16.9. The molecule has 0 saturated carbocycles.